The molecule has 20 heavy (non-hydrogen) atoms. The number of rotatable bonds is 3. The number of carbonyl (C=O) groups is 1. The molecule has 0 aliphatic rings. The molecule has 0 aliphatic carbocycles. The molecule has 1 N–H and O–H groups in total. The van der Waals surface area contributed by atoms with Gasteiger partial charge in [0.1, 0.15) is 5.03 Å². The molecule has 3 aromatic rings. The van der Waals surface area contributed by atoms with Gasteiger partial charge in [0.15, 0.2) is 0 Å². The van der Waals surface area contributed by atoms with Gasteiger partial charge >= 0.3 is 5.97 Å². The molecule has 3 rings (SSSR count). The van der Waals surface area contributed by atoms with Crippen molar-refractivity contribution in [2.75, 3.05) is 0 Å². The Kier molecular flexibility index (Phi) is 3.65. The zero-order valence-electron chi connectivity index (χ0n) is 10.0. The minimum absolute atomic E-state index is 0.106. The molecular weight excluding hydrogens is 314 g/mol. The average Bonchev–Trinajstić information content (AvgIpc) is 2.90. The van der Waals surface area contributed by atoms with Gasteiger partial charge in [-0.15, -0.1) is 11.3 Å². The predicted octanol–water partition coefficient (Wildman–Crippen LogP) is 4.80. The molecule has 2 heterocycles. The quantitative estimate of drug-likeness (QED) is 0.753. The number of carboxylic acid groups (broad SMARTS) is 1. The van der Waals surface area contributed by atoms with Crippen LogP contribution in [0.4, 0.5) is 0 Å². The number of pyridine rings is 1. The molecule has 0 radical (unpaired) electrons. The third-order valence-electron chi connectivity index (χ3n) is 2.73. The molecule has 0 fully saturated rings. The molecule has 2 aromatic heterocycles. The van der Waals surface area contributed by atoms with Crippen LogP contribution in [0.1, 0.15) is 10.4 Å². The first-order chi connectivity index (χ1) is 9.65. The summed E-state index contributed by atoms with van der Waals surface area (Å²) in [6.07, 6.45) is 1.76. The number of fused-ring (bicyclic) bond motifs is 1. The fourth-order valence-corrected chi connectivity index (χ4v) is 3.78. The van der Waals surface area contributed by atoms with Crippen LogP contribution in [0.15, 0.2) is 51.8 Å². The highest BCUT2D eigenvalue weighted by Gasteiger charge is 2.11. The Balaban J connectivity index is 2.01. The van der Waals surface area contributed by atoms with Crippen LogP contribution in [0.5, 0.6) is 0 Å². The van der Waals surface area contributed by atoms with Crippen molar-refractivity contribution in [2.24, 2.45) is 0 Å². The summed E-state index contributed by atoms with van der Waals surface area (Å²) >= 11 is 8.96. The molecule has 100 valence electrons. The molecule has 0 atom stereocenters. The molecule has 0 amide bonds. The van der Waals surface area contributed by atoms with E-state index in [4.69, 9.17) is 16.7 Å². The third-order valence-corrected chi connectivity index (χ3v) is 4.95. The van der Waals surface area contributed by atoms with E-state index in [2.05, 4.69) is 4.98 Å². The van der Waals surface area contributed by atoms with Gasteiger partial charge in [-0.1, -0.05) is 23.4 Å². The second-order valence-electron chi connectivity index (χ2n) is 4.00. The van der Waals surface area contributed by atoms with E-state index in [0.717, 1.165) is 20.0 Å². The Labute approximate surface area is 128 Å². The zero-order valence-corrected chi connectivity index (χ0v) is 12.4. The molecule has 0 spiro atoms. The van der Waals surface area contributed by atoms with E-state index in [9.17, 15) is 4.79 Å². The van der Waals surface area contributed by atoms with Crippen LogP contribution in [0.3, 0.4) is 0 Å². The van der Waals surface area contributed by atoms with Crippen molar-refractivity contribution in [3.63, 3.8) is 0 Å². The van der Waals surface area contributed by atoms with E-state index in [1.54, 1.807) is 35.7 Å². The summed E-state index contributed by atoms with van der Waals surface area (Å²) < 4.78 is 1.16. The van der Waals surface area contributed by atoms with Crippen molar-refractivity contribution < 1.29 is 9.90 Å². The van der Waals surface area contributed by atoms with Crippen molar-refractivity contribution in [3.05, 3.63) is 52.5 Å². The molecule has 0 aliphatic heterocycles. The van der Waals surface area contributed by atoms with Crippen LogP contribution in [0.25, 0.3) is 10.1 Å². The monoisotopic (exact) mass is 321 g/mol. The topological polar surface area (TPSA) is 50.2 Å². The lowest BCUT2D eigenvalue weighted by Gasteiger charge is -2.05. The van der Waals surface area contributed by atoms with Crippen LogP contribution >= 0.6 is 34.7 Å². The lowest BCUT2D eigenvalue weighted by molar-refractivity contribution is 0.0697. The summed E-state index contributed by atoms with van der Waals surface area (Å²) in [5.74, 6) is -1.03. The number of thiophene rings is 1. The molecule has 6 heteroatoms. The molecule has 0 unspecified atom stereocenters. The molecule has 0 saturated carbocycles. The fourth-order valence-electron chi connectivity index (χ4n) is 1.79. The first kappa shape index (κ1) is 13.4. The summed E-state index contributed by atoms with van der Waals surface area (Å²) in [7, 11) is 0. The number of aromatic nitrogens is 1. The lowest BCUT2D eigenvalue weighted by Crippen LogP contribution is -1.97. The zero-order chi connectivity index (χ0) is 14.1. The fraction of sp³-hybridized carbons (Fsp3) is 0. The van der Waals surface area contributed by atoms with Gasteiger partial charge in [0, 0.05) is 21.2 Å². The van der Waals surface area contributed by atoms with Crippen molar-refractivity contribution in [2.45, 2.75) is 9.92 Å². The Hall–Kier alpha value is -1.56. The average molecular weight is 322 g/mol. The molecule has 0 bridgehead atoms. The second kappa shape index (κ2) is 5.44. The SMILES string of the molecule is O=C(O)c1cc(Sc2nccc3sccc23)ccc1Cl. The van der Waals surface area contributed by atoms with Gasteiger partial charge < -0.3 is 5.11 Å². The number of aromatic carboxylic acids is 1. The van der Waals surface area contributed by atoms with Gasteiger partial charge in [-0.3, -0.25) is 0 Å². The number of carboxylic acids is 1. The van der Waals surface area contributed by atoms with Crippen molar-refractivity contribution in [1.82, 2.24) is 4.98 Å². The Morgan fingerprint density at radius 3 is 2.95 bits per heavy atom. The predicted molar refractivity (Wildman–Crippen MR) is 82.2 cm³/mol. The number of hydrogen-bond acceptors (Lipinski definition) is 4. The summed E-state index contributed by atoms with van der Waals surface area (Å²) in [6, 6.07) is 8.95. The standard InChI is InChI=1S/C14H8ClNO2S2/c15-11-2-1-8(7-10(11)14(17)18)20-13-9-4-6-19-12(9)3-5-16-13/h1-7H,(H,17,18). The highest BCUT2D eigenvalue weighted by Crippen LogP contribution is 2.35. The van der Waals surface area contributed by atoms with Gasteiger partial charge in [0.2, 0.25) is 0 Å². The minimum atomic E-state index is -1.03. The smallest absolute Gasteiger partial charge is 0.337 e. The van der Waals surface area contributed by atoms with E-state index in [1.165, 1.54) is 11.8 Å². The van der Waals surface area contributed by atoms with E-state index in [0.29, 0.717) is 0 Å². The Bertz CT molecular complexity index is 801. The molecule has 0 saturated heterocycles. The van der Waals surface area contributed by atoms with Crippen LogP contribution in [-0.2, 0) is 0 Å². The highest BCUT2D eigenvalue weighted by molar-refractivity contribution is 7.99. The highest BCUT2D eigenvalue weighted by atomic mass is 35.5. The molecule has 3 nitrogen and oxygen atoms in total. The summed E-state index contributed by atoms with van der Waals surface area (Å²) in [4.78, 5) is 16.3. The maximum absolute atomic E-state index is 11.1. The number of benzene rings is 1. The first-order valence-electron chi connectivity index (χ1n) is 5.68. The van der Waals surface area contributed by atoms with Crippen LogP contribution < -0.4 is 0 Å². The second-order valence-corrected chi connectivity index (χ2v) is 6.41. The maximum Gasteiger partial charge on any atom is 0.337 e. The van der Waals surface area contributed by atoms with Crippen LogP contribution in [0.2, 0.25) is 5.02 Å². The van der Waals surface area contributed by atoms with E-state index >= 15 is 0 Å². The third kappa shape index (κ3) is 2.52. The Morgan fingerprint density at radius 2 is 2.15 bits per heavy atom. The van der Waals surface area contributed by atoms with E-state index in [1.807, 2.05) is 17.5 Å². The van der Waals surface area contributed by atoms with Crippen molar-refractivity contribution >= 4 is 50.8 Å². The van der Waals surface area contributed by atoms with Crippen LogP contribution in [-0.4, -0.2) is 16.1 Å². The van der Waals surface area contributed by atoms with Crippen molar-refractivity contribution in [1.29, 1.82) is 0 Å². The maximum atomic E-state index is 11.1. The van der Waals surface area contributed by atoms with E-state index < -0.39 is 5.97 Å². The molecule has 1 aromatic carbocycles. The van der Waals surface area contributed by atoms with Gasteiger partial charge in [-0.25, -0.2) is 9.78 Å². The van der Waals surface area contributed by atoms with E-state index in [-0.39, 0.29) is 10.6 Å². The summed E-state index contributed by atoms with van der Waals surface area (Å²) in [6.45, 7) is 0. The number of hydrogen-bond donors (Lipinski definition) is 1. The normalized spacial score (nSPS) is 10.8. The largest absolute Gasteiger partial charge is 0.478 e. The van der Waals surface area contributed by atoms with Gasteiger partial charge in [0.25, 0.3) is 0 Å². The summed E-state index contributed by atoms with van der Waals surface area (Å²) in [5.41, 5.74) is 0.106. The van der Waals surface area contributed by atoms with Gasteiger partial charge in [0.05, 0.1) is 10.6 Å². The van der Waals surface area contributed by atoms with Gasteiger partial charge in [-0.2, -0.15) is 0 Å². The molecular formula is C14H8ClNO2S2. The minimum Gasteiger partial charge on any atom is -0.478 e. The number of halogens is 1. The Morgan fingerprint density at radius 1 is 1.30 bits per heavy atom. The van der Waals surface area contributed by atoms with Crippen LogP contribution in [0, 0.1) is 0 Å². The van der Waals surface area contributed by atoms with Crippen molar-refractivity contribution in [3.8, 4) is 0 Å². The first-order valence-corrected chi connectivity index (χ1v) is 7.75. The van der Waals surface area contributed by atoms with Gasteiger partial charge in [-0.05, 0) is 35.7 Å². The number of nitrogens with zero attached hydrogens (tertiary/aromatic N) is 1. The lowest BCUT2D eigenvalue weighted by atomic mass is 10.2. The summed E-state index contributed by atoms with van der Waals surface area (Å²) in [5, 5.41) is 13.3.